The fourth-order valence-corrected chi connectivity index (χ4v) is 2.92. The molecule has 1 unspecified atom stereocenters. The molecule has 112 valence electrons. The first kappa shape index (κ1) is 15.7. The Morgan fingerprint density at radius 2 is 1.62 bits per heavy atom. The molecule has 0 radical (unpaired) electrons. The predicted molar refractivity (Wildman–Crippen MR) is 90.0 cm³/mol. The van der Waals surface area contributed by atoms with Crippen molar-refractivity contribution in [3.05, 3.63) is 71.3 Å². The van der Waals surface area contributed by atoms with Gasteiger partial charge in [0.1, 0.15) is 0 Å². The summed E-state index contributed by atoms with van der Waals surface area (Å²) < 4.78 is 0. The summed E-state index contributed by atoms with van der Waals surface area (Å²) >= 11 is 0. The molecule has 0 saturated carbocycles. The largest absolute Gasteiger partial charge is 0.271 e. The standard InChI is InChI=1S/C19H26N2/c1-4-8-15-11-13-16(14-12-15)18(21-20)19(2,3)17-9-6-5-7-10-17/h5-7,9-14,18,21H,4,8,20H2,1-3H3. The lowest BCUT2D eigenvalue weighted by Gasteiger charge is -2.35. The predicted octanol–water partition coefficient (Wildman–Crippen LogP) is 4.12. The van der Waals surface area contributed by atoms with Gasteiger partial charge in [0, 0.05) is 5.41 Å². The number of rotatable bonds is 6. The molecule has 2 heteroatoms. The van der Waals surface area contributed by atoms with Crippen LogP contribution >= 0.6 is 0 Å². The molecular weight excluding hydrogens is 256 g/mol. The van der Waals surface area contributed by atoms with E-state index >= 15 is 0 Å². The van der Waals surface area contributed by atoms with Gasteiger partial charge in [-0.15, -0.1) is 0 Å². The highest BCUT2D eigenvalue weighted by atomic mass is 15.2. The molecule has 0 fully saturated rings. The van der Waals surface area contributed by atoms with Crippen molar-refractivity contribution in [1.82, 2.24) is 5.43 Å². The van der Waals surface area contributed by atoms with Crippen LogP contribution in [0, 0.1) is 0 Å². The molecule has 3 N–H and O–H groups in total. The lowest BCUT2D eigenvalue weighted by atomic mass is 9.75. The zero-order valence-electron chi connectivity index (χ0n) is 13.3. The van der Waals surface area contributed by atoms with E-state index in [0.717, 1.165) is 6.42 Å². The molecule has 0 aromatic heterocycles. The van der Waals surface area contributed by atoms with Crippen molar-refractivity contribution in [1.29, 1.82) is 0 Å². The molecule has 0 aliphatic carbocycles. The van der Waals surface area contributed by atoms with Crippen molar-refractivity contribution in [2.24, 2.45) is 5.84 Å². The second kappa shape index (κ2) is 6.88. The summed E-state index contributed by atoms with van der Waals surface area (Å²) in [5.74, 6) is 5.87. The summed E-state index contributed by atoms with van der Waals surface area (Å²) in [6.45, 7) is 6.66. The minimum atomic E-state index is -0.0811. The smallest absolute Gasteiger partial charge is 0.0551 e. The Bertz CT molecular complexity index is 544. The zero-order chi connectivity index (χ0) is 15.3. The van der Waals surface area contributed by atoms with Gasteiger partial charge in [0.15, 0.2) is 0 Å². The number of benzene rings is 2. The Balaban J connectivity index is 2.30. The van der Waals surface area contributed by atoms with Gasteiger partial charge >= 0.3 is 0 Å². The van der Waals surface area contributed by atoms with E-state index < -0.39 is 0 Å². The van der Waals surface area contributed by atoms with Crippen LogP contribution in [0.2, 0.25) is 0 Å². The minimum absolute atomic E-state index is 0.0792. The van der Waals surface area contributed by atoms with E-state index in [1.807, 2.05) is 6.07 Å². The van der Waals surface area contributed by atoms with Crippen LogP contribution in [0.15, 0.2) is 54.6 Å². The lowest BCUT2D eigenvalue weighted by molar-refractivity contribution is 0.353. The van der Waals surface area contributed by atoms with Gasteiger partial charge < -0.3 is 0 Å². The molecule has 0 spiro atoms. The van der Waals surface area contributed by atoms with Crippen molar-refractivity contribution in [2.45, 2.75) is 45.1 Å². The summed E-state index contributed by atoms with van der Waals surface area (Å²) in [5, 5.41) is 0. The van der Waals surface area contributed by atoms with Crippen molar-refractivity contribution >= 4 is 0 Å². The Morgan fingerprint density at radius 1 is 1.00 bits per heavy atom. The third kappa shape index (κ3) is 3.52. The minimum Gasteiger partial charge on any atom is -0.271 e. The van der Waals surface area contributed by atoms with E-state index in [2.05, 4.69) is 74.7 Å². The van der Waals surface area contributed by atoms with E-state index in [1.165, 1.54) is 23.1 Å². The molecular formula is C19H26N2. The van der Waals surface area contributed by atoms with Crippen LogP contribution in [0.5, 0.6) is 0 Å². The summed E-state index contributed by atoms with van der Waals surface area (Å²) in [7, 11) is 0. The maximum atomic E-state index is 5.87. The fourth-order valence-electron chi connectivity index (χ4n) is 2.92. The molecule has 0 saturated heterocycles. The highest BCUT2D eigenvalue weighted by molar-refractivity contribution is 5.33. The number of hydrogen-bond donors (Lipinski definition) is 2. The SMILES string of the molecule is CCCc1ccc(C(NN)C(C)(C)c2ccccc2)cc1. The summed E-state index contributed by atoms with van der Waals surface area (Å²) in [5.41, 5.74) is 6.82. The van der Waals surface area contributed by atoms with Gasteiger partial charge in [-0.05, 0) is 23.1 Å². The number of hydrogen-bond acceptors (Lipinski definition) is 2. The van der Waals surface area contributed by atoms with Crippen LogP contribution in [0.1, 0.15) is 49.9 Å². The Labute approximate surface area is 128 Å². The first-order chi connectivity index (χ1) is 10.1. The normalized spacial score (nSPS) is 13.1. The first-order valence-corrected chi connectivity index (χ1v) is 7.70. The number of hydrazine groups is 1. The van der Waals surface area contributed by atoms with Crippen LogP contribution in [0.3, 0.4) is 0 Å². The van der Waals surface area contributed by atoms with Gasteiger partial charge in [0.05, 0.1) is 6.04 Å². The molecule has 2 nitrogen and oxygen atoms in total. The van der Waals surface area contributed by atoms with Crippen LogP contribution in [0.4, 0.5) is 0 Å². The molecule has 21 heavy (non-hydrogen) atoms. The topological polar surface area (TPSA) is 38.0 Å². The molecule has 0 aliphatic heterocycles. The van der Waals surface area contributed by atoms with E-state index in [4.69, 9.17) is 5.84 Å². The average Bonchev–Trinajstić information content (AvgIpc) is 2.51. The quantitative estimate of drug-likeness (QED) is 0.618. The van der Waals surface area contributed by atoms with Gasteiger partial charge in [0.2, 0.25) is 0 Å². The number of aryl methyl sites for hydroxylation is 1. The van der Waals surface area contributed by atoms with E-state index in [0.29, 0.717) is 0 Å². The van der Waals surface area contributed by atoms with Gasteiger partial charge in [-0.2, -0.15) is 0 Å². The molecule has 2 aromatic rings. The molecule has 0 aliphatic rings. The van der Waals surface area contributed by atoms with Gasteiger partial charge in [-0.3, -0.25) is 11.3 Å². The second-order valence-corrected chi connectivity index (χ2v) is 6.18. The highest BCUT2D eigenvalue weighted by Crippen LogP contribution is 2.36. The first-order valence-electron chi connectivity index (χ1n) is 7.70. The van der Waals surface area contributed by atoms with Gasteiger partial charge in [-0.25, -0.2) is 0 Å². The van der Waals surface area contributed by atoms with E-state index in [9.17, 15) is 0 Å². The molecule has 1 atom stereocenters. The molecule has 0 bridgehead atoms. The van der Waals surface area contributed by atoms with Crippen molar-refractivity contribution in [3.63, 3.8) is 0 Å². The molecule has 2 rings (SSSR count). The number of nitrogens with two attached hydrogens (primary N) is 1. The van der Waals surface area contributed by atoms with E-state index in [1.54, 1.807) is 0 Å². The third-order valence-electron chi connectivity index (χ3n) is 4.26. The van der Waals surface area contributed by atoms with Crippen molar-refractivity contribution in [3.8, 4) is 0 Å². The monoisotopic (exact) mass is 282 g/mol. The average molecular weight is 282 g/mol. The summed E-state index contributed by atoms with van der Waals surface area (Å²) in [4.78, 5) is 0. The maximum absolute atomic E-state index is 5.87. The summed E-state index contributed by atoms with van der Waals surface area (Å²) in [6, 6.07) is 19.4. The highest BCUT2D eigenvalue weighted by Gasteiger charge is 2.31. The zero-order valence-corrected chi connectivity index (χ0v) is 13.3. The fraction of sp³-hybridized carbons (Fsp3) is 0.368. The second-order valence-electron chi connectivity index (χ2n) is 6.18. The van der Waals surface area contributed by atoms with Gasteiger partial charge in [0.25, 0.3) is 0 Å². The van der Waals surface area contributed by atoms with E-state index in [-0.39, 0.29) is 11.5 Å². The Hall–Kier alpha value is -1.64. The maximum Gasteiger partial charge on any atom is 0.0551 e. The molecule has 0 heterocycles. The molecule has 2 aromatic carbocycles. The van der Waals surface area contributed by atoms with Crippen LogP contribution in [0.25, 0.3) is 0 Å². The van der Waals surface area contributed by atoms with Crippen molar-refractivity contribution < 1.29 is 0 Å². The van der Waals surface area contributed by atoms with Gasteiger partial charge in [-0.1, -0.05) is 81.8 Å². The van der Waals surface area contributed by atoms with Crippen LogP contribution in [-0.2, 0) is 11.8 Å². The Morgan fingerprint density at radius 3 is 2.14 bits per heavy atom. The Kier molecular flexibility index (Phi) is 5.16. The third-order valence-corrected chi connectivity index (χ3v) is 4.26. The van der Waals surface area contributed by atoms with Crippen molar-refractivity contribution in [2.75, 3.05) is 0 Å². The lowest BCUT2D eigenvalue weighted by Crippen LogP contribution is -2.41. The van der Waals surface area contributed by atoms with Crippen LogP contribution < -0.4 is 11.3 Å². The summed E-state index contributed by atoms with van der Waals surface area (Å²) in [6.07, 6.45) is 2.30. The molecule has 0 amide bonds. The number of nitrogens with one attached hydrogen (secondary N) is 1. The van der Waals surface area contributed by atoms with Crippen LogP contribution in [-0.4, -0.2) is 0 Å².